The number of nitrogens with zero attached hydrogens (tertiary/aromatic N) is 2. The summed E-state index contributed by atoms with van der Waals surface area (Å²) in [5.74, 6) is 0. The summed E-state index contributed by atoms with van der Waals surface area (Å²) in [6.45, 7) is 11.0. The van der Waals surface area contributed by atoms with Crippen LogP contribution in [0.5, 0.6) is 0 Å². The van der Waals surface area contributed by atoms with Crippen LogP contribution < -0.4 is 0 Å². The Labute approximate surface area is 85.8 Å². The van der Waals surface area contributed by atoms with Crippen LogP contribution in [0.3, 0.4) is 0 Å². The van der Waals surface area contributed by atoms with Gasteiger partial charge < -0.3 is 0 Å². The normalized spacial score (nSPS) is 13.9. The Morgan fingerprint density at radius 2 is 1.21 bits per heavy atom. The molecule has 2 heteroatoms. The summed E-state index contributed by atoms with van der Waals surface area (Å²) < 4.78 is 0. The maximum atomic E-state index is 4.19. The Morgan fingerprint density at radius 1 is 0.857 bits per heavy atom. The van der Waals surface area contributed by atoms with Gasteiger partial charge in [-0.15, -0.1) is 0 Å². The van der Waals surface area contributed by atoms with Gasteiger partial charge in [0.25, 0.3) is 0 Å². The molecule has 0 atom stereocenters. The van der Waals surface area contributed by atoms with Gasteiger partial charge in [0.15, 0.2) is 0 Å². The summed E-state index contributed by atoms with van der Waals surface area (Å²) >= 11 is 0. The van der Waals surface area contributed by atoms with Crippen LogP contribution in [0.15, 0.2) is 58.8 Å². The van der Waals surface area contributed by atoms with Crippen molar-refractivity contribution in [2.24, 2.45) is 9.98 Å². The standard InChI is InChI=1S/C12H16N2/c1-5-9-13-11(7-3)12(8-4)14-10-6-2/h5-10H,1-2H2,3-4H3/b11-7-,12-8-,13-9?,14-10?. The minimum Gasteiger partial charge on any atom is -0.255 e. The van der Waals surface area contributed by atoms with Crippen LogP contribution in [-0.4, -0.2) is 12.4 Å². The second-order valence-electron chi connectivity index (χ2n) is 2.38. The first-order valence-electron chi connectivity index (χ1n) is 4.43. The molecule has 0 aromatic rings. The van der Waals surface area contributed by atoms with Gasteiger partial charge in [-0.2, -0.15) is 0 Å². The van der Waals surface area contributed by atoms with Gasteiger partial charge in [0.2, 0.25) is 0 Å². The number of allylic oxidation sites excluding steroid dienone is 4. The highest BCUT2D eigenvalue weighted by Crippen LogP contribution is 2.11. The molecule has 0 aliphatic heterocycles. The third kappa shape index (κ3) is 4.36. The van der Waals surface area contributed by atoms with E-state index in [1.807, 2.05) is 26.0 Å². The first kappa shape index (κ1) is 12.3. The van der Waals surface area contributed by atoms with Gasteiger partial charge in [0, 0.05) is 12.4 Å². The summed E-state index contributed by atoms with van der Waals surface area (Å²) in [5.41, 5.74) is 1.65. The van der Waals surface area contributed by atoms with E-state index in [0.29, 0.717) is 0 Å². The average Bonchev–Trinajstić information content (AvgIpc) is 2.23. The van der Waals surface area contributed by atoms with Gasteiger partial charge in [0.05, 0.1) is 11.4 Å². The van der Waals surface area contributed by atoms with Crippen LogP contribution in [0.4, 0.5) is 0 Å². The quantitative estimate of drug-likeness (QED) is 0.467. The molecule has 0 rings (SSSR count). The van der Waals surface area contributed by atoms with Gasteiger partial charge in [-0.05, 0) is 13.8 Å². The maximum absolute atomic E-state index is 4.19. The lowest BCUT2D eigenvalue weighted by Crippen LogP contribution is -1.84. The number of hydrogen-bond acceptors (Lipinski definition) is 2. The van der Waals surface area contributed by atoms with Crippen LogP contribution in [0.1, 0.15) is 13.8 Å². The molecule has 0 fully saturated rings. The Bertz CT molecular complexity index is 272. The fraction of sp³-hybridized carbons (Fsp3) is 0.167. The zero-order chi connectivity index (χ0) is 10.8. The molecule has 0 aliphatic carbocycles. The molecule has 0 aromatic carbocycles. The Hall–Kier alpha value is -1.70. The lowest BCUT2D eigenvalue weighted by atomic mass is 10.3. The number of hydrogen-bond donors (Lipinski definition) is 0. The lowest BCUT2D eigenvalue weighted by Gasteiger charge is -1.99. The molecule has 2 nitrogen and oxygen atoms in total. The van der Waals surface area contributed by atoms with Crippen LogP contribution in [0.2, 0.25) is 0 Å². The zero-order valence-corrected chi connectivity index (χ0v) is 8.77. The predicted molar refractivity (Wildman–Crippen MR) is 64.9 cm³/mol. The molecule has 0 saturated heterocycles. The molecule has 0 aliphatic rings. The molecule has 0 bridgehead atoms. The second-order valence-corrected chi connectivity index (χ2v) is 2.38. The molecule has 0 unspecified atom stereocenters. The maximum Gasteiger partial charge on any atom is 0.0840 e. The zero-order valence-electron chi connectivity index (χ0n) is 8.77. The summed E-state index contributed by atoms with van der Waals surface area (Å²) in [5, 5.41) is 0. The van der Waals surface area contributed by atoms with Gasteiger partial charge in [-0.3, -0.25) is 9.98 Å². The topological polar surface area (TPSA) is 24.7 Å². The number of rotatable bonds is 5. The van der Waals surface area contributed by atoms with Crippen LogP contribution >= 0.6 is 0 Å². The SMILES string of the molecule is C=CC=NC(=C\C)/C(=C/C)N=CC=C. The molecule has 74 valence electrons. The van der Waals surface area contributed by atoms with Crippen molar-refractivity contribution >= 4 is 12.4 Å². The Kier molecular flexibility index (Phi) is 6.96. The van der Waals surface area contributed by atoms with Crippen molar-refractivity contribution in [3.63, 3.8) is 0 Å². The minimum absolute atomic E-state index is 0.825. The first-order chi connectivity index (χ1) is 6.79. The average molecular weight is 188 g/mol. The van der Waals surface area contributed by atoms with Crippen molar-refractivity contribution in [1.82, 2.24) is 0 Å². The van der Waals surface area contributed by atoms with E-state index in [9.17, 15) is 0 Å². The molecule has 0 N–H and O–H groups in total. The minimum atomic E-state index is 0.825. The summed E-state index contributed by atoms with van der Waals surface area (Å²) in [6, 6.07) is 0. The molecular formula is C12H16N2. The molecule has 0 radical (unpaired) electrons. The fourth-order valence-corrected chi connectivity index (χ4v) is 0.843. The first-order valence-corrected chi connectivity index (χ1v) is 4.43. The molecule has 0 amide bonds. The van der Waals surface area contributed by atoms with E-state index in [1.165, 1.54) is 0 Å². The molecule has 0 aromatic heterocycles. The largest absolute Gasteiger partial charge is 0.255 e. The third-order valence-corrected chi connectivity index (χ3v) is 1.45. The highest BCUT2D eigenvalue weighted by atomic mass is 14.8. The summed E-state index contributed by atoms with van der Waals surface area (Å²) in [6.07, 6.45) is 10.3. The van der Waals surface area contributed by atoms with Gasteiger partial charge in [-0.25, -0.2) is 0 Å². The van der Waals surface area contributed by atoms with Crippen molar-refractivity contribution < 1.29 is 0 Å². The fourth-order valence-electron chi connectivity index (χ4n) is 0.843. The van der Waals surface area contributed by atoms with Crippen LogP contribution in [-0.2, 0) is 0 Å². The van der Waals surface area contributed by atoms with Gasteiger partial charge in [0.1, 0.15) is 0 Å². The summed E-state index contributed by atoms with van der Waals surface area (Å²) in [4.78, 5) is 8.37. The lowest BCUT2D eigenvalue weighted by molar-refractivity contribution is 1.23. The van der Waals surface area contributed by atoms with Gasteiger partial charge in [-0.1, -0.05) is 37.5 Å². The van der Waals surface area contributed by atoms with E-state index in [4.69, 9.17) is 0 Å². The van der Waals surface area contributed by atoms with E-state index >= 15 is 0 Å². The van der Waals surface area contributed by atoms with Crippen LogP contribution in [0.25, 0.3) is 0 Å². The van der Waals surface area contributed by atoms with Crippen molar-refractivity contribution in [2.45, 2.75) is 13.8 Å². The number of aliphatic imine (C=N–C) groups is 2. The smallest absolute Gasteiger partial charge is 0.0840 e. The highest BCUT2D eigenvalue weighted by Gasteiger charge is 1.96. The molecule has 14 heavy (non-hydrogen) atoms. The van der Waals surface area contributed by atoms with Gasteiger partial charge >= 0.3 is 0 Å². The van der Waals surface area contributed by atoms with E-state index in [1.54, 1.807) is 24.6 Å². The molecule has 0 spiro atoms. The van der Waals surface area contributed by atoms with Crippen molar-refractivity contribution in [2.75, 3.05) is 0 Å². The second kappa shape index (κ2) is 7.92. The Balaban J connectivity index is 4.82. The van der Waals surface area contributed by atoms with Crippen molar-refractivity contribution in [3.05, 3.63) is 48.9 Å². The van der Waals surface area contributed by atoms with E-state index in [-0.39, 0.29) is 0 Å². The van der Waals surface area contributed by atoms with Crippen LogP contribution in [0, 0.1) is 0 Å². The molecule has 0 saturated carbocycles. The predicted octanol–water partition coefficient (Wildman–Crippen LogP) is 3.31. The van der Waals surface area contributed by atoms with E-state index in [0.717, 1.165) is 11.4 Å². The van der Waals surface area contributed by atoms with E-state index in [2.05, 4.69) is 23.1 Å². The monoisotopic (exact) mass is 188 g/mol. The van der Waals surface area contributed by atoms with E-state index < -0.39 is 0 Å². The summed E-state index contributed by atoms with van der Waals surface area (Å²) in [7, 11) is 0. The molecular weight excluding hydrogens is 172 g/mol. The Morgan fingerprint density at radius 3 is 1.43 bits per heavy atom. The molecule has 0 heterocycles. The highest BCUT2D eigenvalue weighted by molar-refractivity contribution is 5.74. The third-order valence-electron chi connectivity index (χ3n) is 1.45. The van der Waals surface area contributed by atoms with Crippen molar-refractivity contribution in [1.29, 1.82) is 0 Å². The van der Waals surface area contributed by atoms with Crippen molar-refractivity contribution in [3.8, 4) is 0 Å².